The molecule has 138 valence electrons. The maximum absolute atomic E-state index is 13.1. The molecule has 0 aliphatic carbocycles. The summed E-state index contributed by atoms with van der Waals surface area (Å²) in [7, 11) is -3.85. The second-order valence-electron chi connectivity index (χ2n) is 6.24. The highest BCUT2D eigenvalue weighted by Gasteiger charge is 2.39. The SMILES string of the molecule is CC(NC(=O)C1CCCN1S(=O)(=O)c1ccc(F)cc1)c1ccncc1. The van der Waals surface area contributed by atoms with Crippen LogP contribution in [0.4, 0.5) is 4.39 Å². The molecular weight excluding hydrogens is 357 g/mol. The third kappa shape index (κ3) is 3.76. The molecule has 1 aliphatic rings. The first-order chi connectivity index (χ1) is 12.4. The van der Waals surface area contributed by atoms with Gasteiger partial charge in [0.15, 0.2) is 0 Å². The fourth-order valence-electron chi connectivity index (χ4n) is 3.08. The highest BCUT2D eigenvalue weighted by Crippen LogP contribution is 2.27. The summed E-state index contributed by atoms with van der Waals surface area (Å²) in [5, 5.41) is 2.87. The molecule has 1 fully saturated rings. The molecule has 1 aromatic heterocycles. The van der Waals surface area contributed by atoms with Crippen molar-refractivity contribution < 1.29 is 17.6 Å². The minimum atomic E-state index is -3.85. The highest BCUT2D eigenvalue weighted by molar-refractivity contribution is 7.89. The molecule has 2 heterocycles. The number of hydrogen-bond acceptors (Lipinski definition) is 4. The van der Waals surface area contributed by atoms with E-state index in [-0.39, 0.29) is 23.4 Å². The predicted octanol–water partition coefficient (Wildman–Crippen LogP) is 2.25. The zero-order valence-corrected chi connectivity index (χ0v) is 15.1. The number of nitrogens with zero attached hydrogens (tertiary/aromatic N) is 2. The van der Waals surface area contributed by atoms with E-state index < -0.39 is 21.9 Å². The number of benzene rings is 1. The van der Waals surface area contributed by atoms with Gasteiger partial charge in [0.05, 0.1) is 10.9 Å². The minimum absolute atomic E-state index is 0.0132. The van der Waals surface area contributed by atoms with Crippen LogP contribution < -0.4 is 5.32 Å². The Hall–Kier alpha value is -2.32. The number of carbonyl (C=O) groups excluding carboxylic acids is 1. The second kappa shape index (κ2) is 7.51. The minimum Gasteiger partial charge on any atom is -0.348 e. The average molecular weight is 377 g/mol. The van der Waals surface area contributed by atoms with Gasteiger partial charge in [0.1, 0.15) is 11.9 Å². The maximum Gasteiger partial charge on any atom is 0.243 e. The van der Waals surface area contributed by atoms with Crippen molar-refractivity contribution in [3.8, 4) is 0 Å². The summed E-state index contributed by atoms with van der Waals surface area (Å²) in [6.45, 7) is 2.10. The maximum atomic E-state index is 13.1. The molecule has 0 radical (unpaired) electrons. The van der Waals surface area contributed by atoms with E-state index in [0.29, 0.717) is 12.8 Å². The molecule has 2 atom stereocenters. The number of nitrogens with one attached hydrogen (secondary N) is 1. The van der Waals surface area contributed by atoms with Crippen molar-refractivity contribution in [3.05, 3.63) is 60.2 Å². The molecule has 26 heavy (non-hydrogen) atoms. The molecule has 0 bridgehead atoms. The van der Waals surface area contributed by atoms with E-state index in [9.17, 15) is 17.6 Å². The lowest BCUT2D eigenvalue weighted by Gasteiger charge is -2.25. The summed E-state index contributed by atoms with van der Waals surface area (Å²) in [5.74, 6) is -0.844. The number of rotatable bonds is 5. The van der Waals surface area contributed by atoms with Crippen LogP contribution in [0.3, 0.4) is 0 Å². The van der Waals surface area contributed by atoms with Crippen molar-refractivity contribution in [1.29, 1.82) is 0 Å². The lowest BCUT2D eigenvalue weighted by atomic mass is 10.1. The van der Waals surface area contributed by atoms with Gasteiger partial charge in [0, 0.05) is 18.9 Å². The van der Waals surface area contributed by atoms with Gasteiger partial charge in [-0.25, -0.2) is 12.8 Å². The topological polar surface area (TPSA) is 79.4 Å². The molecule has 1 saturated heterocycles. The Morgan fingerprint density at radius 3 is 2.54 bits per heavy atom. The van der Waals surface area contributed by atoms with Gasteiger partial charge in [-0.05, 0) is 61.7 Å². The summed E-state index contributed by atoms with van der Waals surface area (Å²) in [4.78, 5) is 16.6. The van der Waals surface area contributed by atoms with Crippen LogP contribution in [0.25, 0.3) is 0 Å². The highest BCUT2D eigenvalue weighted by atomic mass is 32.2. The monoisotopic (exact) mass is 377 g/mol. The Kier molecular flexibility index (Phi) is 5.33. The van der Waals surface area contributed by atoms with Crippen LogP contribution in [0, 0.1) is 5.82 Å². The van der Waals surface area contributed by atoms with E-state index in [1.54, 1.807) is 24.5 Å². The van der Waals surface area contributed by atoms with Crippen LogP contribution >= 0.6 is 0 Å². The fourth-order valence-corrected chi connectivity index (χ4v) is 4.73. The molecule has 1 aliphatic heterocycles. The van der Waals surface area contributed by atoms with E-state index >= 15 is 0 Å². The number of amides is 1. The first kappa shape index (κ1) is 18.5. The largest absolute Gasteiger partial charge is 0.348 e. The van der Waals surface area contributed by atoms with E-state index in [1.807, 2.05) is 6.92 Å². The van der Waals surface area contributed by atoms with E-state index in [4.69, 9.17) is 0 Å². The van der Waals surface area contributed by atoms with E-state index in [1.165, 1.54) is 16.4 Å². The molecule has 2 aromatic rings. The van der Waals surface area contributed by atoms with Gasteiger partial charge in [-0.2, -0.15) is 4.31 Å². The third-order valence-electron chi connectivity index (χ3n) is 4.49. The van der Waals surface area contributed by atoms with Gasteiger partial charge in [-0.3, -0.25) is 9.78 Å². The quantitative estimate of drug-likeness (QED) is 0.867. The first-order valence-corrected chi connectivity index (χ1v) is 9.81. The van der Waals surface area contributed by atoms with Crippen molar-refractivity contribution in [2.75, 3.05) is 6.54 Å². The van der Waals surface area contributed by atoms with Crippen LogP contribution in [0.15, 0.2) is 53.7 Å². The molecular formula is C18H20FN3O3S. The fraction of sp³-hybridized carbons (Fsp3) is 0.333. The van der Waals surface area contributed by atoms with Gasteiger partial charge in [0.25, 0.3) is 0 Å². The Bertz CT molecular complexity index is 872. The van der Waals surface area contributed by atoms with Crippen molar-refractivity contribution >= 4 is 15.9 Å². The number of sulfonamides is 1. The van der Waals surface area contributed by atoms with E-state index in [2.05, 4.69) is 10.3 Å². The summed E-state index contributed by atoms with van der Waals surface area (Å²) < 4.78 is 40.0. The Labute approximate surface area is 152 Å². The van der Waals surface area contributed by atoms with Gasteiger partial charge in [-0.15, -0.1) is 0 Å². The first-order valence-electron chi connectivity index (χ1n) is 8.37. The zero-order valence-electron chi connectivity index (χ0n) is 14.3. The lowest BCUT2D eigenvalue weighted by molar-refractivity contribution is -0.124. The predicted molar refractivity (Wildman–Crippen MR) is 94.1 cm³/mol. The number of carbonyl (C=O) groups is 1. The van der Waals surface area contributed by atoms with Crippen molar-refractivity contribution in [3.63, 3.8) is 0 Å². The summed E-state index contributed by atoms with van der Waals surface area (Å²) in [6, 6.07) is 7.21. The molecule has 1 N–H and O–H groups in total. The Balaban J connectivity index is 1.77. The normalized spacial score (nSPS) is 19.2. The smallest absolute Gasteiger partial charge is 0.243 e. The third-order valence-corrected chi connectivity index (χ3v) is 6.41. The van der Waals surface area contributed by atoms with Crippen LogP contribution in [0.2, 0.25) is 0 Å². The lowest BCUT2D eigenvalue weighted by Crippen LogP contribution is -2.46. The van der Waals surface area contributed by atoms with Gasteiger partial charge < -0.3 is 5.32 Å². The van der Waals surface area contributed by atoms with Crippen LogP contribution in [-0.2, 0) is 14.8 Å². The molecule has 1 amide bonds. The molecule has 3 rings (SSSR count). The molecule has 2 unspecified atom stereocenters. The number of halogens is 1. The van der Waals surface area contributed by atoms with Crippen LogP contribution in [0.1, 0.15) is 31.4 Å². The molecule has 1 aromatic carbocycles. The number of hydrogen-bond donors (Lipinski definition) is 1. The average Bonchev–Trinajstić information content (AvgIpc) is 3.13. The zero-order chi connectivity index (χ0) is 18.7. The second-order valence-corrected chi connectivity index (χ2v) is 8.13. The summed E-state index contributed by atoms with van der Waals surface area (Å²) in [6.07, 6.45) is 4.33. The van der Waals surface area contributed by atoms with Gasteiger partial charge in [-0.1, -0.05) is 0 Å². The van der Waals surface area contributed by atoms with Gasteiger partial charge >= 0.3 is 0 Å². The van der Waals surface area contributed by atoms with Crippen molar-refractivity contribution in [1.82, 2.24) is 14.6 Å². The van der Waals surface area contributed by atoms with Crippen molar-refractivity contribution in [2.24, 2.45) is 0 Å². The van der Waals surface area contributed by atoms with E-state index in [0.717, 1.165) is 17.7 Å². The molecule has 0 saturated carbocycles. The Morgan fingerprint density at radius 1 is 1.23 bits per heavy atom. The number of pyridine rings is 1. The summed E-state index contributed by atoms with van der Waals surface area (Å²) in [5.41, 5.74) is 0.888. The standard InChI is InChI=1S/C18H20FN3O3S/c1-13(14-8-10-20-11-9-14)21-18(23)17-3-2-12-22(17)26(24,25)16-6-4-15(19)5-7-16/h4-11,13,17H,2-3,12H2,1H3,(H,21,23). The Morgan fingerprint density at radius 2 is 1.88 bits per heavy atom. The van der Waals surface area contributed by atoms with Crippen LogP contribution in [0.5, 0.6) is 0 Å². The molecule has 0 spiro atoms. The number of aromatic nitrogens is 1. The van der Waals surface area contributed by atoms with Crippen LogP contribution in [-0.4, -0.2) is 36.2 Å². The summed E-state index contributed by atoms with van der Waals surface area (Å²) >= 11 is 0. The molecule has 6 nitrogen and oxygen atoms in total. The van der Waals surface area contributed by atoms with Crippen molar-refractivity contribution in [2.45, 2.75) is 36.7 Å². The van der Waals surface area contributed by atoms with Gasteiger partial charge in [0.2, 0.25) is 15.9 Å². The molecule has 8 heteroatoms.